The minimum atomic E-state index is 0.455. The molecule has 0 aliphatic rings. The normalized spacial score (nSPS) is 10.5. The second-order valence-electron chi connectivity index (χ2n) is 5.43. The number of terminal acetylenes is 1. The van der Waals surface area contributed by atoms with Crippen molar-refractivity contribution in [2.24, 2.45) is 0 Å². The number of aryl methyl sites for hydroxylation is 1. The minimum Gasteiger partial charge on any atom is -0.493 e. The average molecular weight is 354 g/mol. The van der Waals surface area contributed by atoms with Crippen molar-refractivity contribution in [1.82, 2.24) is 9.97 Å². The first-order chi connectivity index (χ1) is 12.0. The largest absolute Gasteiger partial charge is 0.493 e. The number of nitrogens with two attached hydrogens (primary N) is 1. The standard InChI is InChI=1S/C19H16ClN3O2/c1-5-11-13(20)6-10(2)18(21)17(11)19-12-7-15(24-3)16(25-4)8-14(12)22-9-23-19/h1,6-9H,21H2,2-4H3. The van der Waals surface area contributed by atoms with E-state index >= 15 is 0 Å². The molecule has 0 fully saturated rings. The van der Waals surface area contributed by atoms with Crippen LogP contribution in [0.5, 0.6) is 11.5 Å². The van der Waals surface area contributed by atoms with E-state index in [9.17, 15) is 0 Å². The summed E-state index contributed by atoms with van der Waals surface area (Å²) >= 11 is 6.33. The molecule has 3 rings (SSSR count). The quantitative estimate of drug-likeness (QED) is 0.572. The summed E-state index contributed by atoms with van der Waals surface area (Å²) in [5.74, 6) is 3.75. The van der Waals surface area contributed by atoms with E-state index in [2.05, 4.69) is 15.9 Å². The molecule has 1 aromatic heterocycles. The number of nitrogen functional groups attached to an aromatic ring is 1. The van der Waals surface area contributed by atoms with Crippen molar-refractivity contribution in [3.8, 4) is 35.1 Å². The Morgan fingerprint density at radius 2 is 1.80 bits per heavy atom. The van der Waals surface area contributed by atoms with Crippen LogP contribution in [0.15, 0.2) is 24.5 Å². The Labute approximate surface area is 150 Å². The van der Waals surface area contributed by atoms with Crippen molar-refractivity contribution in [1.29, 1.82) is 0 Å². The molecule has 2 aromatic carbocycles. The Bertz CT molecular complexity index is 1030. The number of fused-ring (bicyclic) bond motifs is 1. The molecule has 0 bridgehead atoms. The first-order valence-electron chi connectivity index (χ1n) is 7.44. The highest BCUT2D eigenvalue weighted by Crippen LogP contribution is 2.40. The maximum absolute atomic E-state index is 6.33. The number of benzene rings is 2. The van der Waals surface area contributed by atoms with Crippen molar-refractivity contribution < 1.29 is 9.47 Å². The van der Waals surface area contributed by atoms with E-state index in [0.29, 0.717) is 44.5 Å². The van der Waals surface area contributed by atoms with Crippen molar-refractivity contribution in [3.63, 3.8) is 0 Å². The summed E-state index contributed by atoms with van der Waals surface area (Å²) in [7, 11) is 3.14. The number of aromatic nitrogens is 2. The second-order valence-corrected chi connectivity index (χ2v) is 5.84. The van der Waals surface area contributed by atoms with E-state index in [1.54, 1.807) is 32.4 Å². The van der Waals surface area contributed by atoms with Gasteiger partial charge in [0.1, 0.15) is 6.33 Å². The fraction of sp³-hybridized carbons (Fsp3) is 0.158. The zero-order chi connectivity index (χ0) is 18.1. The Kier molecular flexibility index (Phi) is 4.39. The van der Waals surface area contributed by atoms with Crippen molar-refractivity contribution in [2.45, 2.75) is 6.92 Å². The van der Waals surface area contributed by atoms with Gasteiger partial charge in [-0.25, -0.2) is 9.97 Å². The maximum atomic E-state index is 6.33. The molecule has 0 radical (unpaired) electrons. The molecular weight excluding hydrogens is 338 g/mol. The monoisotopic (exact) mass is 353 g/mol. The number of hydrogen-bond donors (Lipinski definition) is 1. The molecule has 126 valence electrons. The van der Waals surface area contributed by atoms with Crippen molar-refractivity contribution in [2.75, 3.05) is 20.0 Å². The molecule has 0 aliphatic carbocycles. The lowest BCUT2D eigenvalue weighted by Crippen LogP contribution is -2.01. The first-order valence-corrected chi connectivity index (χ1v) is 7.81. The van der Waals surface area contributed by atoms with Crippen LogP contribution >= 0.6 is 11.6 Å². The van der Waals surface area contributed by atoms with Crippen LogP contribution in [0.25, 0.3) is 22.2 Å². The second kappa shape index (κ2) is 6.50. The smallest absolute Gasteiger partial charge is 0.162 e. The third-order valence-electron chi connectivity index (χ3n) is 4.05. The van der Waals surface area contributed by atoms with Gasteiger partial charge < -0.3 is 15.2 Å². The molecule has 3 aromatic rings. The van der Waals surface area contributed by atoms with Crippen LogP contribution in [0.2, 0.25) is 5.02 Å². The topological polar surface area (TPSA) is 70.3 Å². The maximum Gasteiger partial charge on any atom is 0.162 e. The summed E-state index contributed by atoms with van der Waals surface area (Å²) < 4.78 is 10.7. The molecule has 1 heterocycles. The van der Waals surface area contributed by atoms with Crippen LogP contribution < -0.4 is 15.2 Å². The van der Waals surface area contributed by atoms with Gasteiger partial charge in [-0.05, 0) is 24.6 Å². The van der Waals surface area contributed by atoms with Crippen LogP contribution in [0.4, 0.5) is 5.69 Å². The highest BCUT2D eigenvalue weighted by molar-refractivity contribution is 6.32. The summed E-state index contributed by atoms with van der Waals surface area (Å²) in [6.07, 6.45) is 7.13. The van der Waals surface area contributed by atoms with Gasteiger partial charge in [-0.2, -0.15) is 0 Å². The third kappa shape index (κ3) is 2.71. The molecule has 25 heavy (non-hydrogen) atoms. The van der Waals surface area contributed by atoms with E-state index in [1.807, 2.05) is 6.92 Å². The van der Waals surface area contributed by atoms with Gasteiger partial charge in [-0.1, -0.05) is 17.5 Å². The Hall–Kier alpha value is -2.97. The fourth-order valence-electron chi connectivity index (χ4n) is 2.76. The molecule has 0 saturated heterocycles. The average Bonchev–Trinajstić information content (AvgIpc) is 2.62. The van der Waals surface area contributed by atoms with E-state index in [-0.39, 0.29) is 0 Å². The molecule has 0 saturated carbocycles. The zero-order valence-electron chi connectivity index (χ0n) is 14.1. The van der Waals surface area contributed by atoms with E-state index < -0.39 is 0 Å². The highest BCUT2D eigenvalue weighted by Gasteiger charge is 2.19. The predicted molar refractivity (Wildman–Crippen MR) is 100 cm³/mol. The van der Waals surface area contributed by atoms with Gasteiger partial charge >= 0.3 is 0 Å². The Balaban J connectivity index is 2.44. The predicted octanol–water partition coefficient (Wildman–Crippen LogP) is 3.84. The van der Waals surface area contributed by atoms with Crippen LogP contribution in [0, 0.1) is 19.3 Å². The first kappa shape index (κ1) is 16.9. The van der Waals surface area contributed by atoms with Gasteiger partial charge in [-0.3, -0.25) is 0 Å². The zero-order valence-corrected chi connectivity index (χ0v) is 14.8. The molecule has 0 spiro atoms. The lowest BCUT2D eigenvalue weighted by Gasteiger charge is -2.15. The lowest BCUT2D eigenvalue weighted by atomic mass is 9.96. The van der Waals surface area contributed by atoms with E-state index in [4.69, 9.17) is 33.2 Å². The number of anilines is 1. The summed E-state index contributed by atoms with van der Waals surface area (Å²) in [5.41, 5.74) is 10.1. The van der Waals surface area contributed by atoms with Gasteiger partial charge in [0.2, 0.25) is 0 Å². The number of hydrogen-bond acceptors (Lipinski definition) is 5. The van der Waals surface area contributed by atoms with Crippen LogP contribution in [0.1, 0.15) is 11.1 Å². The molecule has 2 N–H and O–H groups in total. The molecule has 0 unspecified atom stereocenters. The highest BCUT2D eigenvalue weighted by atomic mass is 35.5. The van der Waals surface area contributed by atoms with Crippen LogP contribution in [-0.4, -0.2) is 24.2 Å². The molecule has 6 heteroatoms. The molecule has 5 nitrogen and oxygen atoms in total. The number of nitrogens with zero attached hydrogens (tertiary/aromatic N) is 2. The van der Waals surface area contributed by atoms with Crippen LogP contribution in [0.3, 0.4) is 0 Å². The van der Waals surface area contributed by atoms with Gasteiger partial charge in [0.15, 0.2) is 11.5 Å². The van der Waals surface area contributed by atoms with Gasteiger partial charge in [0.05, 0.1) is 36.0 Å². The van der Waals surface area contributed by atoms with Crippen LogP contribution in [-0.2, 0) is 0 Å². The molecular formula is C19H16ClN3O2. The Morgan fingerprint density at radius 1 is 1.12 bits per heavy atom. The number of ether oxygens (including phenoxy) is 2. The number of rotatable bonds is 3. The number of halogens is 1. The molecule has 0 amide bonds. The summed E-state index contributed by atoms with van der Waals surface area (Å²) in [5, 5.41) is 1.20. The van der Waals surface area contributed by atoms with Gasteiger partial charge in [0.25, 0.3) is 0 Å². The summed E-state index contributed by atoms with van der Waals surface area (Å²) in [4.78, 5) is 8.73. The molecule has 0 aliphatic heterocycles. The fourth-order valence-corrected chi connectivity index (χ4v) is 3.07. The molecule has 0 atom stereocenters. The number of methoxy groups -OCH3 is 2. The van der Waals surface area contributed by atoms with Gasteiger partial charge in [0, 0.05) is 22.7 Å². The third-order valence-corrected chi connectivity index (χ3v) is 4.35. The summed E-state index contributed by atoms with van der Waals surface area (Å²) in [6.45, 7) is 1.87. The minimum absolute atomic E-state index is 0.455. The van der Waals surface area contributed by atoms with Crippen molar-refractivity contribution >= 4 is 28.2 Å². The van der Waals surface area contributed by atoms with E-state index in [0.717, 1.165) is 10.9 Å². The SMILES string of the molecule is C#Cc1c(Cl)cc(C)c(N)c1-c1ncnc2cc(OC)c(OC)cc12. The van der Waals surface area contributed by atoms with Gasteiger partial charge in [-0.15, -0.1) is 6.42 Å². The summed E-state index contributed by atoms with van der Waals surface area (Å²) in [6, 6.07) is 5.34. The van der Waals surface area contributed by atoms with E-state index in [1.165, 1.54) is 6.33 Å². The Morgan fingerprint density at radius 3 is 2.44 bits per heavy atom. The van der Waals surface area contributed by atoms with Crippen molar-refractivity contribution in [3.05, 3.63) is 40.7 Å². The lowest BCUT2D eigenvalue weighted by molar-refractivity contribution is 0.356.